The molecule has 199 valence electrons. The largest absolute Gasteiger partial charge is 2.00 e. The maximum Gasteiger partial charge on any atom is 2.00 e. The van der Waals surface area contributed by atoms with Gasteiger partial charge in [-0.15, -0.1) is 0 Å². The Hall–Kier alpha value is -4.97. The van der Waals surface area contributed by atoms with E-state index in [0.717, 1.165) is 74.0 Å². The summed E-state index contributed by atoms with van der Waals surface area (Å²) in [6.45, 7) is 1.08. The van der Waals surface area contributed by atoms with Gasteiger partial charge < -0.3 is 15.1 Å². The number of aromatic amines is 2. The van der Waals surface area contributed by atoms with Crippen LogP contribution in [-0.4, -0.2) is 31.0 Å². The molecule has 0 atom stereocenters. The average molecular weight is 578 g/mol. The molecule has 41 heavy (non-hydrogen) atoms. The first-order chi connectivity index (χ1) is 19.5. The molecule has 2 aromatic carbocycles. The van der Waals surface area contributed by atoms with E-state index < -0.39 is 5.97 Å². The van der Waals surface area contributed by atoms with Crippen LogP contribution in [0.2, 0.25) is 0 Å². The van der Waals surface area contributed by atoms with Gasteiger partial charge in [-0.3, -0.25) is 4.79 Å². The molecule has 3 aromatic heterocycles. The first-order valence-electron chi connectivity index (χ1n) is 12.9. The number of hydrogen-bond donors (Lipinski definition) is 3. The number of H-pyrrole nitrogens is 2. The molecule has 3 N–H and O–H groups in total. The Bertz CT molecular complexity index is 1800. The Labute approximate surface area is 247 Å². The summed E-state index contributed by atoms with van der Waals surface area (Å²) < 4.78 is 0. The first-order valence-corrected chi connectivity index (χ1v) is 12.9. The predicted molar refractivity (Wildman–Crippen MR) is 163 cm³/mol. The van der Waals surface area contributed by atoms with E-state index in [4.69, 9.17) is 19.9 Å². The molecule has 8 bridgehead atoms. The van der Waals surface area contributed by atoms with Crippen molar-refractivity contribution in [3.63, 3.8) is 0 Å². The van der Waals surface area contributed by atoms with Crippen molar-refractivity contribution in [2.24, 2.45) is 0 Å². The fraction of sp³-hybridized carbons (Fsp3) is 0.0294. The molecule has 0 amide bonds. The van der Waals surface area contributed by atoms with Gasteiger partial charge in [0.2, 0.25) is 0 Å². The van der Waals surface area contributed by atoms with Crippen molar-refractivity contribution in [3.05, 3.63) is 120 Å². The Morgan fingerprint density at radius 1 is 0.610 bits per heavy atom. The summed E-state index contributed by atoms with van der Waals surface area (Å²) in [5, 5.41) is 7.42. The second-order valence-corrected chi connectivity index (χ2v) is 9.45. The SMILES string of the molecule is C1=Cc2nc1cc1nc(c(-c3ccccc3)c3ccc(cc4ccc([nH]4)c2-c2ccccc2)[nH]3)C=C1.CC(=O)O.[Mn+2]. The van der Waals surface area contributed by atoms with Crippen molar-refractivity contribution in [3.8, 4) is 22.3 Å². The molecule has 0 unspecified atom stereocenters. The molecule has 0 spiro atoms. The van der Waals surface area contributed by atoms with Gasteiger partial charge in [0.1, 0.15) is 0 Å². The molecule has 2 aliphatic rings. The number of nitrogens with zero attached hydrogens (tertiary/aromatic N) is 2. The zero-order valence-corrected chi connectivity index (χ0v) is 23.4. The third-order valence-electron chi connectivity index (χ3n) is 6.52. The van der Waals surface area contributed by atoms with E-state index in [1.165, 1.54) is 0 Å². The number of fused-ring (bicyclic) bond motifs is 8. The van der Waals surface area contributed by atoms with E-state index in [-0.39, 0.29) is 17.1 Å². The van der Waals surface area contributed by atoms with Crippen molar-refractivity contribution >= 4 is 52.3 Å². The van der Waals surface area contributed by atoms with Gasteiger partial charge in [0.15, 0.2) is 0 Å². The smallest absolute Gasteiger partial charge is 0.481 e. The Kier molecular flexibility index (Phi) is 8.11. The van der Waals surface area contributed by atoms with Crippen LogP contribution in [0.1, 0.15) is 29.7 Å². The monoisotopic (exact) mass is 577 g/mol. The van der Waals surface area contributed by atoms with Crippen LogP contribution in [0.5, 0.6) is 0 Å². The van der Waals surface area contributed by atoms with E-state index in [0.29, 0.717) is 0 Å². The number of hydrogen-bond acceptors (Lipinski definition) is 3. The van der Waals surface area contributed by atoms with Crippen LogP contribution in [0.15, 0.2) is 97.1 Å². The molecule has 5 aromatic rings. The summed E-state index contributed by atoms with van der Waals surface area (Å²) in [7, 11) is 0. The summed E-state index contributed by atoms with van der Waals surface area (Å²) in [5.74, 6) is -0.833. The quantitative estimate of drug-likeness (QED) is 0.181. The summed E-state index contributed by atoms with van der Waals surface area (Å²) in [6, 6.07) is 33.4. The molecule has 0 saturated carbocycles. The normalized spacial score (nSPS) is 11.3. The zero-order chi connectivity index (χ0) is 27.5. The minimum absolute atomic E-state index is 0. The number of carbonyl (C=O) groups is 1. The van der Waals surface area contributed by atoms with E-state index in [1.807, 2.05) is 18.2 Å². The van der Waals surface area contributed by atoms with E-state index in [9.17, 15) is 0 Å². The Morgan fingerprint density at radius 3 is 1.44 bits per heavy atom. The molecule has 7 heteroatoms. The van der Waals surface area contributed by atoms with Gasteiger partial charge >= 0.3 is 17.1 Å². The minimum Gasteiger partial charge on any atom is -0.481 e. The molecule has 5 heterocycles. The third-order valence-corrected chi connectivity index (χ3v) is 6.52. The summed E-state index contributed by atoms with van der Waals surface area (Å²) in [4.78, 5) is 26.2. The van der Waals surface area contributed by atoms with Gasteiger partial charge in [0.25, 0.3) is 5.97 Å². The first kappa shape index (κ1) is 27.6. The number of rotatable bonds is 2. The van der Waals surface area contributed by atoms with Gasteiger partial charge in [-0.1, -0.05) is 60.7 Å². The summed E-state index contributed by atoms with van der Waals surface area (Å²) >= 11 is 0. The van der Waals surface area contributed by atoms with Gasteiger partial charge in [-0.25, -0.2) is 9.97 Å². The van der Waals surface area contributed by atoms with Crippen molar-refractivity contribution in [1.29, 1.82) is 0 Å². The minimum atomic E-state index is -0.833. The van der Waals surface area contributed by atoms with Crippen molar-refractivity contribution in [1.82, 2.24) is 19.9 Å². The van der Waals surface area contributed by atoms with Crippen LogP contribution in [0, 0.1) is 0 Å². The topological polar surface area (TPSA) is 94.7 Å². The Balaban J connectivity index is 0.000000636. The van der Waals surface area contributed by atoms with E-state index in [1.54, 1.807) is 0 Å². The van der Waals surface area contributed by atoms with Gasteiger partial charge in [-0.05, 0) is 71.8 Å². The molecular weight excluding hydrogens is 551 g/mol. The number of aromatic nitrogens is 4. The number of carboxylic acid groups (broad SMARTS) is 1. The Morgan fingerprint density at radius 2 is 1.02 bits per heavy atom. The second-order valence-electron chi connectivity index (χ2n) is 9.45. The second kappa shape index (κ2) is 12.0. The number of benzene rings is 2. The van der Waals surface area contributed by atoms with Crippen molar-refractivity contribution in [2.45, 2.75) is 6.92 Å². The van der Waals surface area contributed by atoms with Crippen LogP contribution >= 0.6 is 0 Å². The fourth-order valence-corrected chi connectivity index (χ4v) is 4.89. The standard InChI is InChI=1S/C32H22N4.C2H4O2.Mn/c1-3-7-21(8-4-1)31-27-15-11-23(33-27)19-25-13-17-29(35-25)32(22-9-5-2-6-10-22)30-18-14-26(36-30)20-24-12-16-28(31)34-24;1-2(3)4;/h1-20,33,35H;1H3,(H,3,4);/q;;+2. The van der Waals surface area contributed by atoms with Crippen LogP contribution in [0.4, 0.5) is 0 Å². The van der Waals surface area contributed by atoms with Gasteiger partial charge in [-0.2, -0.15) is 0 Å². The molecular formula is C34H26MnN4O2+2. The molecule has 0 aliphatic carbocycles. The zero-order valence-electron chi connectivity index (χ0n) is 22.2. The van der Waals surface area contributed by atoms with Gasteiger partial charge in [0.05, 0.1) is 22.8 Å². The van der Waals surface area contributed by atoms with Crippen molar-refractivity contribution in [2.75, 3.05) is 0 Å². The number of aliphatic carboxylic acids is 1. The van der Waals surface area contributed by atoms with Crippen LogP contribution in [-0.2, 0) is 21.9 Å². The van der Waals surface area contributed by atoms with Gasteiger partial charge in [0, 0.05) is 40.1 Å². The summed E-state index contributed by atoms with van der Waals surface area (Å²) in [5.41, 5.74) is 12.1. The molecule has 6 nitrogen and oxygen atoms in total. The van der Waals surface area contributed by atoms with Crippen LogP contribution in [0.25, 0.3) is 68.6 Å². The maximum absolute atomic E-state index is 9.00. The van der Waals surface area contributed by atoms with Crippen LogP contribution < -0.4 is 0 Å². The number of nitrogens with one attached hydrogen (secondary N) is 2. The van der Waals surface area contributed by atoms with Crippen molar-refractivity contribution < 1.29 is 27.0 Å². The van der Waals surface area contributed by atoms with E-state index >= 15 is 0 Å². The predicted octanol–water partition coefficient (Wildman–Crippen LogP) is 8.08. The molecule has 2 aliphatic heterocycles. The van der Waals surface area contributed by atoms with E-state index in [2.05, 4.69) is 113 Å². The molecule has 1 radical (unpaired) electrons. The maximum atomic E-state index is 9.00. The third kappa shape index (κ3) is 6.12. The molecule has 0 fully saturated rings. The molecule has 0 saturated heterocycles. The fourth-order valence-electron chi connectivity index (χ4n) is 4.89. The average Bonchev–Trinajstić information content (AvgIpc) is 3.76. The van der Waals surface area contributed by atoms with Crippen LogP contribution in [0.3, 0.4) is 0 Å². The summed E-state index contributed by atoms with van der Waals surface area (Å²) in [6.07, 6.45) is 8.27. The number of carboxylic acids is 1. The molecule has 7 rings (SSSR count).